The third kappa shape index (κ3) is 3.58. The van der Waals surface area contributed by atoms with Crippen molar-refractivity contribution in [2.75, 3.05) is 13.4 Å². The molecular formula is C28H20FNO6. The SMILES string of the molecule is C=CCOc1ccc(C2c3c(oc4ccc(F)cc4c3=O)C(=O)N2Cc2ccc3c(c2)OCO3)cc1. The molecule has 1 aromatic heterocycles. The van der Waals surface area contributed by atoms with Crippen molar-refractivity contribution in [2.45, 2.75) is 12.6 Å². The van der Waals surface area contributed by atoms with Crippen molar-refractivity contribution in [3.05, 3.63) is 112 Å². The summed E-state index contributed by atoms with van der Waals surface area (Å²) in [6, 6.07) is 15.5. The number of rotatable bonds is 6. The molecule has 0 saturated heterocycles. The summed E-state index contributed by atoms with van der Waals surface area (Å²) in [5, 5.41) is 0.0856. The van der Waals surface area contributed by atoms with Gasteiger partial charge in [0.15, 0.2) is 16.9 Å². The Hall–Kier alpha value is -4.59. The number of fused-ring (bicyclic) bond motifs is 3. The van der Waals surface area contributed by atoms with Crippen LogP contribution in [-0.4, -0.2) is 24.2 Å². The summed E-state index contributed by atoms with van der Waals surface area (Å²) in [6.45, 7) is 4.31. The zero-order valence-electron chi connectivity index (χ0n) is 19.0. The molecule has 0 N–H and O–H groups in total. The summed E-state index contributed by atoms with van der Waals surface area (Å²) in [6.07, 6.45) is 1.64. The minimum absolute atomic E-state index is 0.0446. The Morgan fingerprint density at radius 1 is 1.03 bits per heavy atom. The molecule has 2 aliphatic heterocycles. The molecular weight excluding hydrogens is 465 g/mol. The van der Waals surface area contributed by atoms with Crippen LogP contribution in [0.5, 0.6) is 17.2 Å². The molecule has 1 unspecified atom stereocenters. The van der Waals surface area contributed by atoms with Gasteiger partial charge >= 0.3 is 0 Å². The third-order valence-corrected chi connectivity index (χ3v) is 6.28. The fourth-order valence-corrected chi connectivity index (χ4v) is 4.64. The molecule has 180 valence electrons. The molecule has 1 atom stereocenters. The third-order valence-electron chi connectivity index (χ3n) is 6.28. The highest BCUT2D eigenvalue weighted by molar-refractivity contribution is 5.99. The molecule has 6 rings (SSSR count). The van der Waals surface area contributed by atoms with Crippen molar-refractivity contribution in [1.29, 1.82) is 0 Å². The molecule has 8 heteroatoms. The van der Waals surface area contributed by atoms with E-state index in [2.05, 4.69) is 6.58 Å². The summed E-state index contributed by atoms with van der Waals surface area (Å²) in [5.41, 5.74) is 1.38. The predicted molar refractivity (Wildman–Crippen MR) is 129 cm³/mol. The van der Waals surface area contributed by atoms with Crippen LogP contribution in [0.25, 0.3) is 11.0 Å². The predicted octanol–water partition coefficient (Wildman–Crippen LogP) is 4.97. The van der Waals surface area contributed by atoms with E-state index in [4.69, 9.17) is 18.6 Å². The first-order valence-corrected chi connectivity index (χ1v) is 11.3. The van der Waals surface area contributed by atoms with E-state index in [9.17, 15) is 14.0 Å². The van der Waals surface area contributed by atoms with Gasteiger partial charge in [-0.2, -0.15) is 0 Å². The molecule has 1 amide bonds. The van der Waals surface area contributed by atoms with E-state index in [-0.39, 0.29) is 35.6 Å². The minimum atomic E-state index is -0.740. The van der Waals surface area contributed by atoms with Crippen LogP contribution in [0.2, 0.25) is 0 Å². The Kier molecular flexibility index (Phi) is 5.21. The average molecular weight is 485 g/mol. The number of hydrogen-bond donors (Lipinski definition) is 0. The van der Waals surface area contributed by atoms with Gasteiger partial charge in [-0.25, -0.2) is 4.39 Å². The largest absolute Gasteiger partial charge is 0.490 e. The van der Waals surface area contributed by atoms with Crippen LogP contribution >= 0.6 is 0 Å². The first-order valence-electron chi connectivity index (χ1n) is 11.3. The number of amides is 1. The number of ether oxygens (including phenoxy) is 3. The summed E-state index contributed by atoms with van der Waals surface area (Å²) in [7, 11) is 0. The molecule has 4 aromatic rings. The molecule has 0 aliphatic carbocycles. The molecule has 0 fully saturated rings. The van der Waals surface area contributed by atoms with E-state index >= 15 is 0 Å². The van der Waals surface area contributed by atoms with Crippen molar-refractivity contribution in [3.8, 4) is 17.2 Å². The lowest BCUT2D eigenvalue weighted by molar-refractivity contribution is 0.0714. The molecule has 36 heavy (non-hydrogen) atoms. The van der Waals surface area contributed by atoms with Gasteiger partial charge in [0.2, 0.25) is 12.6 Å². The zero-order chi connectivity index (χ0) is 24.8. The van der Waals surface area contributed by atoms with Crippen molar-refractivity contribution >= 4 is 16.9 Å². The monoisotopic (exact) mass is 485 g/mol. The van der Waals surface area contributed by atoms with Gasteiger partial charge in [-0.15, -0.1) is 0 Å². The average Bonchev–Trinajstić information content (AvgIpc) is 3.46. The highest BCUT2D eigenvalue weighted by Crippen LogP contribution is 2.40. The highest BCUT2D eigenvalue weighted by atomic mass is 19.1. The first-order chi connectivity index (χ1) is 17.5. The fourth-order valence-electron chi connectivity index (χ4n) is 4.64. The van der Waals surface area contributed by atoms with E-state index in [1.807, 2.05) is 12.1 Å². The Morgan fingerprint density at radius 2 is 1.83 bits per heavy atom. The summed E-state index contributed by atoms with van der Waals surface area (Å²) in [4.78, 5) is 28.8. The summed E-state index contributed by atoms with van der Waals surface area (Å²) >= 11 is 0. The molecule has 3 heterocycles. The highest BCUT2D eigenvalue weighted by Gasteiger charge is 2.42. The normalized spacial score (nSPS) is 15.9. The Bertz CT molecular complexity index is 1580. The standard InChI is InChI=1S/C28H20FNO6/c1-2-11-33-19-7-4-17(5-8-19)25-24-26(31)20-13-18(29)6-10-21(20)36-27(24)28(32)30(25)14-16-3-9-22-23(12-16)35-15-34-22/h2-10,12-13,25H,1,11,14-15H2. The summed E-state index contributed by atoms with van der Waals surface area (Å²) < 4.78 is 36.3. The van der Waals surface area contributed by atoms with E-state index in [1.165, 1.54) is 12.1 Å². The second-order valence-corrected chi connectivity index (χ2v) is 8.51. The van der Waals surface area contributed by atoms with E-state index in [1.54, 1.807) is 41.3 Å². The lowest BCUT2D eigenvalue weighted by Crippen LogP contribution is -2.29. The van der Waals surface area contributed by atoms with Crippen LogP contribution in [-0.2, 0) is 6.54 Å². The number of nitrogens with zero attached hydrogens (tertiary/aromatic N) is 1. The number of hydrogen-bond acceptors (Lipinski definition) is 6. The van der Waals surface area contributed by atoms with Gasteiger partial charge in [-0.1, -0.05) is 30.9 Å². The smallest absolute Gasteiger partial charge is 0.291 e. The maximum Gasteiger partial charge on any atom is 0.291 e. The zero-order valence-corrected chi connectivity index (χ0v) is 19.0. The molecule has 0 radical (unpaired) electrons. The number of halogens is 1. The number of carbonyl (C=O) groups excluding carboxylic acids is 1. The Morgan fingerprint density at radius 3 is 2.64 bits per heavy atom. The molecule has 0 spiro atoms. The lowest BCUT2D eigenvalue weighted by atomic mass is 9.98. The van der Waals surface area contributed by atoms with E-state index in [0.29, 0.717) is 29.4 Å². The van der Waals surface area contributed by atoms with Crippen LogP contribution in [0.4, 0.5) is 4.39 Å². The van der Waals surface area contributed by atoms with Crippen LogP contribution in [0.1, 0.15) is 33.3 Å². The van der Waals surface area contributed by atoms with Gasteiger partial charge in [-0.05, 0) is 53.6 Å². The summed E-state index contributed by atoms with van der Waals surface area (Å²) in [5.74, 6) is 0.813. The number of benzene rings is 3. The van der Waals surface area contributed by atoms with Gasteiger partial charge in [0.25, 0.3) is 5.91 Å². The molecule has 3 aromatic carbocycles. The van der Waals surface area contributed by atoms with Gasteiger partial charge in [0, 0.05) is 6.54 Å². The van der Waals surface area contributed by atoms with Crippen molar-refractivity contribution in [1.82, 2.24) is 4.90 Å². The first kappa shape index (κ1) is 21.9. The second-order valence-electron chi connectivity index (χ2n) is 8.51. The van der Waals surface area contributed by atoms with Crippen LogP contribution in [0, 0.1) is 5.82 Å². The van der Waals surface area contributed by atoms with E-state index < -0.39 is 23.2 Å². The Balaban J connectivity index is 1.47. The topological polar surface area (TPSA) is 78.2 Å². The van der Waals surface area contributed by atoms with Crippen molar-refractivity contribution in [3.63, 3.8) is 0 Å². The van der Waals surface area contributed by atoms with Gasteiger partial charge < -0.3 is 23.5 Å². The van der Waals surface area contributed by atoms with E-state index in [0.717, 1.165) is 11.6 Å². The van der Waals surface area contributed by atoms with Gasteiger partial charge in [0.05, 0.1) is 17.0 Å². The van der Waals surface area contributed by atoms with Crippen molar-refractivity contribution < 1.29 is 27.8 Å². The quantitative estimate of drug-likeness (QED) is 0.359. The minimum Gasteiger partial charge on any atom is -0.490 e. The Labute approximate surface area is 204 Å². The maximum atomic E-state index is 14.0. The number of carbonyl (C=O) groups is 1. The van der Waals surface area contributed by atoms with Gasteiger partial charge in [0.1, 0.15) is 23.8 Å². The molecule has 7 nitrogen and oxygen atoms in total. The van der Waals surface area contributed by atoms with Crippen LogP contribution in [0.15, 0.2) is 82.5 Å². The lowest BCUT2D eigenvalue weighted by Gasteiger charge is -2.25. The van der Waals surface area contributed by atoms with Crippen LogP contribution in [0.3, 0.4) is 0 Å². The van der Waals surface area contributed by atoms with Crippen molar-refractivity contribution in [2.24, 2.45) is 0 Å². The molecule has 2 aliphatic rings. The van der Waals surface area contributed by atoms with Gasteiger partial charge in [-0.3, -0.25) is 9.59 Å². The fraction of sp³-hybridized carbons (Fsp3) is 0.143. The molecule has 0 bridgehead atoms. The second kappa shape index (κ2) is 8.57. The van der Waals surface area contributed by atoms with Crippen LogP contribution < -0.4 is 19.6 Å². The molecule has 0 saturated carbocycles. The maximum absolute atomic E-state index is 14.0.